The molecule has 1 aromatic heterocycles. The van der Waals surface area contributed by atoms with E-state index in [-0.39, 0.29) is 33.9 Å². The molecule has 0 fully saturated rings. The number of nitriles is 1. The molecular weight excluding hydrogens is 545 g/mol. The number of halogens is 2. The first kappa shape index (κ1) is 27.5. The first-order valence-corrected chi connectivity index (χ1v) is 13.2. The Morgan fingerprint density at radius 1 is 1.08 bits per heavy atom. The average Bonchev–Trinajstić information content (AvgIpc) is 3.24. The molecule has 1 heterocycles. The molecular formula is C27H23Cl2N5O3S. The highest BCUT2D eigenvalue weighted by Gasteiger charge is 2.26. The standard InChI is InChI=1S/C27H23Cl2N5O3S/c1-16-8-9-22(10-17(16)2)34-18(3)31-32-27(34)38-25(14-33(35)36)21-11-23(28)26(24(29)12-21)37-15-20-7-5-4-6-19(20)13-30/h4-12,25H,14-15H2,1-3H3/t25-/m1/s1. The molecule has 38 heavy (non-hydrogen) atoms. The van der Waals surface area contributed by atoms with Crippen molar-refractivity contribution in [3.8, 4) is 17.5 Å². The molecule has 0 saturated carbocycles. The van der Waals surface area contributed by atoms with Gasteiger partial charge in [-0.25, -0.2) is 0 Å². The Bertz CT molecular complexity index is 1530. The van der Waals surface area contributed by atoms with Crippen LogP contribution in [0.25, 0.3) is 5.69 Å². The Morgan fingerprint density at radius 3 is 2.45 bits per heavy atom. The van der Waals surface area contributed by atoms with Crippen LogP contribution >= 0.6 is 35.0 Å². The molecule has 4 aromatic rings. The van der Waals surface area contributed by atoms with Gasteiger partial charge in [-0.3, -0.25) is 14.7 Å². The van der Waals surface area contributed by atoms with E-state index in [1.54, 1.807) is 30.3 Å². The Kier molecular flexibility index (Phi) is 8.57. The fourth-order valence-electron chi connectivity index (χ4n) is 3.86. The number of ether oxygens (including phenoxy) is 1. The molecule has 8 nitrogen and oxygen atoms in total. The highest BCUT2D eigenvalue weighted by molar-refractivity contribution is 7.99. The van der Waals surface area contributed by atoms with Crippen molar-refractivity contribution < 1.29 is 9.66 Å². The van der Waals surface area contributed by atoms with E-state index in [2.05, 4.69) is 16.3 Å². The summed E-state index contributed by atoms with van der Waals surface area (Å²) in [6.45, 7) is 5.59. The third kappa shape index (κ3) is 6.10. The van der Waals surface area contributed by atoms with Crippen LogP contribution in [0.15, 0.2) is 59.8 Å². The second-order valence-electron chi connectivity index (χ2n) is 8.63. The fraction of sp³-hybridized carbons (Fsp3) is 0.222. The molecule has 0 aliphatic carbocycles. The van der Waals surface area contributed by atoms with Crippen LogP contribution in [0.1, 0.15) is 38.9 Å². The Morgan fingerprint density at radius 2 is 1.79 bits per heavy atom. The zero-order valence-electron chi connectivity index (χ0n) is 20.8. The number of hydrogen-bond donors (Lipinski definition) is 0. The van der Waals surface area contributed by atoms with Gasteiger partial charge in [0.15, 0.2) is 10.9 Å². The van der Waals surface area contributed by atoms with Crippen molar-refractivity contribution in [2.75, 3.05) is 6.54 Å². The highest BCUT2D eigenvalue weighted by atomic mass is 35.5. The maximum atomic E-state index is 11.6. The van der Waals surface area contributed by atoms with Gasteiger partial charge in [-0.05, 0) is 67.8 Å². The van der Waals surface area contributed by atoms with Crippen LogP contribution in [-0.4, -0.2) is 26.2 Å². The lowest BCUT2D eigenvalue weighted by Gasteiger charge is -2.17. The molecule has 0 N–H and O–H groups in total. The van der Waals surface area contributed by atoms with E-state index in [9.17, 15) is 15.4 Å². The molecule has 0 aliphatic heterocycles. The molecule has 0 spiro atoms. The average molecular weight is 568 g/mol. The summed E-state index contributed by atoms with van der Waals surface area (Å²) in [5.41, 5.74) is 4.87. The fourth-order valence-corrected chi connectivity index (χ4v) is 5.63. The first-order chi connectivity index (χ1) is 18.2. The molecule has 194 valence electrons. The minimum atomic E-state index is -0.651. The van der Waals surface area contributed by atoms with Gasteiger partial charge in [-0.1, -0.05) is 59.2 Å². The zero-order chi connectivity index (χ0) is 27.4. The Balaban J connectivity index is 1.64. The van der Waals surface area contributed by atoms with E-state index in [4.69, 9.17) is 27.9 Å². The van der Waals surface area contributed by atoms with Gasteiger partial charge in [-0.2, -0.15) is 5.26 Å². The topological polar surface area (TPSA) is 107 Å². The Hall–Kier alpha value is -3.58. The van der Waals surface area contributed by atoms with Gasteiger partial charge < -0.3 is 4.74 Å². The number of thioether (sulfide) groups is 1. The summed E-state index contributed by atoms with van der Waals surface area (Å²) in [4.78, 5) is 11.2. The lowest BCUT2D eigenvalue weighted by atomic mass is 10.1. The van der Waals surface area contributed by atoms with Gasteiger partial charge in [0.2, 0.25) is 6.54 Å². The zero-order valence-corrected chi connectivity index (χ0v) is 23.1. The van der Waals surface area contributed by atoms with Gasteiger partial charge in [0, 0.05) is 16.2 Å². The minimum absolute atomic E-state index is 0.0912. The molecule has 0 amide bonds. The molecule has 4 rings (SSSR count). The number of aromatic nitrogens is 3. The van der Waals surface area contributed by atoms with Gasteiger partial charge in [-0.15, -0.1) is 10.2 Å². The normalized spacial score (nSPS) is 11.7. The van der Waals surface area contributed by atoms with Crippen LogP contribution in [0, 0.1) is 42.2 Å². The van der Waals surface area contributed by atoms with E-state index in [1.807, 2.05) is 49.6 Å². The smallest absolute Gasteiger partial charge is 0.220 e. The van der Waals surface area contributed by atoms with Crippen LogP contribution in [-0.2, 0) is 6.61 Å². The summed E-state index contributed by atoms with van der Waals surface area (Å²) in [6.07, 6.45) is 0. The number of nitro groups is 1. The quantitative estimate of drug-likeness (QED) is 0.121. The van der Waals surface area contributed by atoms with Gasteiger partial charge in [0.1, 0.15) is 17.7 Å². The number of rotatable bonds is 9. The number of aryl methyl sites for hydroxylation is 3. The number of benzene rings is 3. The summed E-state index contributed by atoms with van der Waals surface area (Å²) in [5, 5.41) is 29.7. The van der Waals surface area contributed by atoms with Crippen molar-refractivity contribution in [3.63, 3.8) is 0 Å². The predicted molar refractivity (Wildman–Crippen MR) is 148 cm³/mol. The van der Waals surface area contributed by atoms with Gasteiger partial charge >= 0.3 is 0 Å². The van der Waals surface area contributed by atoms with Crippen molar-refractivity contribution in [3.05, 3.63) is 108 Å². The molecule has 1 atom stereocenters. The number of nitrogens with zero attached hydrogens (tertiary/aromatic N) is 5. The Labute approximate surface area is 234 Å². The summed E-state index contributed by atoms with van der Waals surface area (Å²) in [7, 11) is 0. The van der Waals surface area contributed by atoms with Crippen LogP contribution in [0.5, 0.6) is 5.75 Å². The number of hydrogen-bond acceptors (Lipinski definition) is 7. The lowest BCUT2D eigenvalue weighted by molar-refractivity contribution is -0.479. The summed E-state index contributed by atoms with van der Waals surface area (Å²) in [6, 6.07) is 18.4. The SMILES string of the molecule is Cc1ccc(-n2c(C)nnc2S[C@H](C[N+](=O)[O-])c2cc(Cl)c(OCc3ccccc3C#N)c(Cl)c2)cc1C. The maximum Gasteiger partial charge on any atom is 0.220 e. The molecule has 3 aromatic carbocycles. The predicted octanol–water partition coefficient (Wildman–Crippen LogP) is 7.06. The maximum absolute atomic E-state index is 11.6. The minimum Gasteiger partial charge on any atom is -0.486 e. The van der Waals surface area contributed by atoms with Crippen molar-refractivity contribution in [1.82, 2.24) is 14.8 Å². The van der Waals surface area contributed by atoms with Crippen molar-refractivity contribution in [2.24, 2.45) is 0 Å². The lowest BCUT2D eigenvalue weighted by Crippen LogP contribution is -2.11. The largest absolute Gasteiger partial charge is 0.486 e. The summed E-state index contributed by atoms with van der Waals surface area (Å²) < 4.78 is 7.72. The van der Waals surface area contributed by atoms with E-state index < -0.39 is 5.25 Å². The van der Waals surface area contributed by atoms with Crippen molar-refractivity contribution in [1.29, 1.82) is 5.26 Å². The van der Waals surface area contributed by atoms with Crippen molar-refractivity contribution in [2.45, 2.75) is 37.8 Å². The molecule has 11 heteroatoms. The second-order valence-corrected chi connectivity index (χ2v) is 10.6. The summed E-state index contributed by atoms with van der Waals surface area (Å²) in [5.74, 6) is 0.900. The van der Waals surface area contributed by atoms with Crippen LogP contribution in [0.4, 0.5) is 0 Å². The van der Waals surface area contributed by atoms with E-state index in [0.717, 1.165) is 16.8 Å². The first-order valence-electron chi connectivity index (χ1n) is 11.6. The molecule has 0 radical (unpaired) electrons. The van der Waals surface area contributed by atoms with Crippen LogP contribution in [0.2, 0.25) is 10.0 Å². The van der Waals surface area contributed by atoms with Crippen LogP contribution < -0.4 is 4.74 Å². The highest BCUT2D eigenvalue weighted by Crippen LogP contribution is 2.42. The molecule has 0 bridgehead atoms. The van der Waals surface area contributed by atoms with Crippen molar-refractivity contribution >= 4 is 35.0 Å². The molecule has 0 aliphatic rings. The van der Waals surface area contributed by atoms with E-state index >= 15 is 0 Å². The van der Waals surface area contributed by atoms with E-state index in [0.29, 0.717) is 27.7 Å². The van der Waals surface area contributed by atoms with E-state index in [1.165, 1.54) is 11.8 Å². The van der Waals surface area contributed by atoms with Gasteiger partial charge in [0.05, 0.1) is 21.7 Å². The second kappa shape index (κ2) is 11.9. The molecule has 0 saturated heterocycles. The summed E-state index contributed by atoms with van der Waals surface area (Å²) >= 11 is 14.3. The third-order valence-corrected chi connectivity index (χ3v) is 7.75. The van der Waals surface area contributed by atoms with Gasteiger partial charge in [0.25, 0.3) is 0 Å². The monoisotopic (exact) mass is 567 g/mol. The van der Waals surface area contributed by atoms with Crippen LogP contribution in [0.3, 0.4) is 0 Å². The molecule has 0 unspecified atom stereocenters. The third-order valence-electron chi connectivity index (χ3n) is 6.01.